The van der Waals surface area contributed by atoms with Gasteiger partial charge in [0.05, 0.1) is 13.2 Å². The molecule has 0 aromatic rings. The Bertz CT molecular complexity index is 1360. The van der Waals surface area contributed by atoms with E-state index in [0.29, 0.717) is 6.42 Å². The second kappa shape index (κ2) is 54.8. The highest BCUT2D eigenvalue weighted by Crippen LogP contribution is 2.43. The van der Waals surface area contributed by atoms with Crippen molar-refractivity contribution in [2.75, 3.05) is 26.4 Å². The molecule has 69 heavy (non-hydrogen) atoms. The lowest BCUT2D eigenvalue weighted by Crippen LogP contribution is -2.29. The van der Waals surface area contributed by atoms with Crippen molar-refractivity contribution in [1.82, 2.24) is 0 Å². The molecule has 9 nitrogen and oxygen atoms in total. The van der Waals surface area contributed by atoms with E-state index in [1.165, 1.54) is 148 Å². The van der Waals surface area contributed by atoms with Gasteiger partial charge in [-0.2, -0.15) is 0 Å². The SMILES string of the molecule is CC/C=C\C/C=C\C/C=C\C/C=C\C/C=C\CCCCCCCCCCCCCC(=O)OC(COC(=O)CCCCCCCCCCC/C=C\CCCCCCCCCC)COP(=O)(O)OCCN. The molecule has 0 aromatic carbocycles. The van der Waals surface area contributed by atoms with Gasteiger partial charge in [-0.1, -0.05) is 234 Å². The van der Waals surface area contributed by atoms with Gasteiger partial charge in [-0.15, -0.1) is 0 Å². The van der Waals surface area contributed by atoms with Gasteiger partial charge in [-0.05, 0) is 83.5 Å². The minimum Gasteiger partial charge on any atom is -0.462 e. The third-order valence-corrected chi connectivity index (χ3v) is 13.1. The Balaban J connectivity index is 4.00. The van der Waals surface area contributed by atoms with Crippen LogP contribution in [0.25, 0.3) is 0 Å². The number of rotatable bonds is 53. The van der Waals surface area contributed by atoms with E-state index in [1.807, 2.05) is 0 Å². The monoisotopic (exact) mass is 988 g/mol. The molecule has 0 aliphatic rings. The van der Waals surface area contributed by atoms with E-state index in [1.54, 1.807) is 0 Å². The lowest BCUT2D eigenvalue weighted by molar-refractivity contribution is -0.161. The molecular formula is C59H106NO8P. The standard InChI is InChI=1S/C59H106NO8P/c1-3-5-7-9-11-13-15-17-19-21-23-25-26-27-28-29-30-32-34-36-38-40-42-44-46-48-50-52-59(62)68-57(56-67-69(63,64)66-54-53-60)55-65-58(61)51-49-47-45-43-41-39-37-35-33-31-24-22-20-18-16-14-12-10-8-6-4-2/h5,7,11,13,17,19,22-25,27-28,57H,3-4,6,8-10,12,14-16,18,20-21,26,29-56,60H2,1-2H3,(H,63,64)/b7-5-,13-11-,19-17-,24-22-,25-23-,28-27-. The van der Waals surface area contributed by atoms with Gasteiger partial charge in [-0.3, -0.25) is 18.6 Å². The van der Waals surface area contributed by atoms with E-state index in [-0.39, 0.29) is 38.6 Å². The normalized spacial score (nSPS) is 13.6. The Morgan fingerprint density at radius 3 is 1.20 bits per heavy atom. The van der Waals surface area contributed by atoms with Crippen molar-refractivity contribution in [3.8, 4) is 0 Å². The molecule has 0 heterocycles. The molecule has 3 N–H and O–H groups in total. The van der Waals surface area contributed by atoms with Gasteiger partial charge >= 0.3 is 19.8 Å². The number of esters is 2. The van der Waals surface area contributed by atoms with Gasteiger partial charge in [0.15, 0.2) is 6.10 Å². The molecule has 0 aliphatic heterocycles. The molecule has 0 bridgehead atoms. The van der Waals surface area contributed by atoms with E-state index in [0.717, 1.165) is 77.0 Å². The second-order valence-corrected chi connectivity index (χ2v) is 20.2. The molecule has 0 rings (SSSR count). The van der Waals surface area contributed by atoms with Crippen LogP contribution in [0.4, 0.5) is 0 Å². The van der Waals surface area contributed by atoms with Crippen LogP contribution in [0.5, 0.6) is 0 Å². The third-order valence-electron chi connectivity index (χ3n) is 12.1. The molecule has 2 unspecified atom stereocenters. The van der Waals surface area contributed by atoms with Crippen molar-refractivity contribution in [2.24, 2.45) is 5.73 Å². The average Bonchev–Trinajstić information content (AvgIpc) is 3.34. The fourth-order valence-electron chi connectivity index (χ4n) is 7.89. The molecule has 0 aromatic heterocycles. The zero-order valence-electron chi connectivity index (χ0n) is 44.5. The molecule has 0 spiro atoms. The Kier molecular flexibility index (Phi) is 52.8. The summed E-state index contributed by atoms with van der Waals surface area (Å²) in [7, 11) is -4.39. The first kappa shape index (κ1) is 66.5. The number of hydrogen-bond donors (Lipinski definition) is 2. The van der Waals surface area contributed by atoms with E-state index in [9.17, 15) is 19.0 Å². The number of carbonyl (C=O) groups excluding carboxylic acids is 2. The van der Waals surface area contributed by atoms with E-state index in [4.69, 9.17) is 24.3 Å². The number of ether oxygens (including phenoxy) is 2. The quantitative estimate of drug-likeness (QED) is 0.0264. The van der Waals surface area contributed by atoms with Crippen LogP contribution in [0.15, 0.2) is 72.9 Å². The van der Waals surface area contributed by atoms with Gasteiger partial charge in [0.1, 0.15) is 6.61 Å². The van der Waals surface area contributed by atoms with Crippen LogP contribution in [0.3, 0.4) is 0 Å². The number of allylic oxidation sites excluding steroid dienone is 12. The lowest BCUT2D eigenvalue weighted by Gasteiger charge is -2.19. The predicted octanol–water partition coefficient (Wildman–Crippen LogP) is 17.7. The summed E-state index contributed by atoms with van der Waals surface area (Å²) in [6, 6.07) is 0. The lowest BCUT2D eigenvalue weighted by atomic mass is 10.0. The first-order chi connectivity index (χ1) is 33.8. The number of nitrogens with two attached hydrogens (primary N) is 1. The minimum atomic E-state index is -4.39. The molecule has 0 amide bonds. The van der Waals surface area contributed by atoms with E-state index in [2.05, 4.69) is 86.8 Å². The van der Waals surface area contributed by atoms with E-state index < -0.39 is 26.5 Å². The van der Waals surface area contributed by atoms with Crippen LogP contribution < -0.4 is 5.73 Å². The highest BCUT2D eigenvalue weighted by atomic mass is 31.2. The molecule has 400 valence electrons. The molecule has 0 saturated carbocycles. The third kappa shape index (κ3) is 54.6. The zero-order valence-corrected chi connectivity index (χ0v) is 45.4. The van der Waals surface area contributed by atoms with Crippen LogP contribution in [-0.2, 0) is 32.7 Å². The summed E-state index contributed by atoms with van der Waals surface area (Å²) in [5, 5.41) is 0. The van der Waals surface area contributed by atoms with Crippen molar-refractivity contribution in [3.63, 3.8) is 0 Å². The van der Waals surface area contributed by atoms with Crippen molar-refractivity contribution in [1.29, 1.82) is 0 Å². The van der Waals surface area contributed by atoms with Gasteiger partial charge in [0.25, 0.3) is 0 Å². The Labute approximate surface area is 424 Å². The highest BCUT2D eigenvalue weighted by molar-refractivity contribution is 7.47. The molecule has 0 radical (unpaired) electrons. The number of hydrogen-bond acceptors (Lipinski definition) is 8. The minimum absolute atomic E-state index is 0.0505. The predicted molar refractivity (Wildman–Crippen MR) is 293 cm³/mol. The molecule has 2 atom stereocenters. The van der Waals surface area contributed by atoms with Gasteiger partial charge in [-0.25, -0.2) is 4.57 Å². The zero-order chi connectivity index (χ0) is 50.2. The summed E-state index contributed by atoms with van der Waals surface area (Å²) in [5.74, 6) is -0.829. The summed E-state index contributed by atoms with van der Waals surface area (Å²) in [5.41, 5.74) is 5.38. The maximum Gasteiger partial charge on any atom is 0.472 e. The summed E-state index contributed by atoms with van der Waals surface area (Å²) in [6.45, 7) is 3.65. The first-order valence-electron chi connectivity index (χ1n) is 28.4. The van der Waals surface area contributed by atoms with Gasteiger partial charge in [0, 0.05) is 19.4 Å². The Morgan fingerprint density at radius 1 is 0.449 bits per heavy atom. The number of phosphoric ester groups is 1. The highest BCUT2D eigenvalue weighted by Gasteiger charge is 2.26. The summed E-state index contributed by atoms with van der Waals surface area (Å²) >= 11 is 0. The fraction of sp³-hybridized carbons (Fsp3) is 0.763. The molecular weight excluding hydrogens is 882 g/mol. The van der Waals surface area contributed by atoms with Gasteiger partial charge < -0.3 is 20.1 Å². The van der Waals surface area contributed by atoms with Crippen molar-refractivity contribution in [3.05, 3.63) is 72.9 Å². The van der Waals surface area contributed by atoms with Crippen LogP contribution in [-0.4, -0.2) is 49.3 Å². The van der Waals surface area contributed by atoms with Crippen LogP contribution >= 0.6 is 7.82 Å². The maximum absolute atomic E-state index is 12.7. The Morgan fingerprint density at radius 2 is 0.797 bits per heavy atom. The average molecular weight is 988 g/mol. The van der Waals surface area contributed by atoms with E-state index >= 15 is 0 Å². The largest absolute Gasteiger partial charge is 0.472 e. The summed E-state index contributed by atoms with van der Waals surface area (Å²) in [6.07, 6.45) is 69.5. The van der Waals surface area contributed by atoms with Crippen LogP contribution in [0.1, 0.15) is 258 Å². The summed E-state index contributed by atoms with van der Waals surface area (Å²) < 4.78 is 33.0. The number of phosphoric acid groups is 1. The van der Waals surface area contributed by atoms with Crippen molar-refractivity contribution >= 4 is 19.8 Å². The number of carbonyl (C=O) groups is 2. The fourth-order valence-corrected chi connectivity index (χ4v) is 8.66. The second-order valence-electron chi connectivity index (χ2n) is 18.8. The van der Waals surface area contributed by atoms with Crippen LogP contribution in [0.2, 0.25) is 0 Å². The first-order valence-corrected chi connectivity index (χ1v) is 29.9. The van der Waals surface area contributed by atoms with Gasteiger partial charge in [0.2, 0.25) is 0 Å². The Hall–Kier alpha value is -2.55. The molecule has 0 aliphatic carbocycles. The topological polar surface area (TPSA) is 134 Å². The van der Waals surface area contributed by atoms with Crippen LogP contribution in [0, 0.1) is 0 Å². The molecule has 0 fully saturated rings. The molecule has 10 heteroatoms. The number of unbranched alkanes of at least 4 members (excludes halogenated alkanes) is 28. The van der Waals surface area contributed by atoms with Crippen molar-refractivity contribution < 1.29 is 37.6 Å². The maximum atomic E-state index is 12.7. The van der Waals surface area contributed by atoms with Crippen molar-refractivity contribution in [2.45, 2.75) is 264 Å². The molecule has 0 saturated heterocycles. The summed E-state index contributed by atoms with van der Waals surface area (Å²) in [4.78, 5) is 35.2. The smallest absolute Gasteiger partial charge is 0.462 e.